The van der Waals surface area contributed by atoms with Crippen LogP contribution in [0.4, 0.5) is 0 Å². The molecule has 2 aromatic heterocycles. The van der Waals surface area contributed by atoms with Crippen molar-refractivity contribution in [3.8, 4) is 5.75 Å². The zero-order valence-corrected chi connectivity index (χ0v) is 13.7. The lowest BCUT2D eigenvalue weighted by Crippen LogP contribution is -2.38. The molecule has 0 aliphatic carbocycles. The average Bonchev–Trinajstić information content (AvgIpc) is 2.95. The molecule has 0 N–H and O–H groups in total. The standard InChI is InChI=1S/C17H23N3O3/c1-3-7-23-8-4-16(21)19-5-6-20-14(12-19)9-13-10-15(22-2)11-18-17(13)20/h9-11H,3-8,12H2,1-2H3. The van der Waals surface area contributed by atoms with E-state index in [-0.39, 0.29) is 5.91 Å². The minimum Gasteiger partial charge on any atom is -0.495 e. The molecule has 0 saturated carbocycles. The van der Waals surface area contributed by atoms with Gasteiger partial charge < -0.3 is 18.9 Å². The van der Waals surface area contributed by atoms with Crippen molar-refractivity contribution in [2.45, 2.75) is 32.9 Å². The van der Waals surface area contributed by atoms with Crippen LogP contribution in [0.3, 0.4) is 0 Å². The van der Waals surface area contributed by atoms with Crippen LogP contribution in [0.1, 0.15) is 25.5 Å². The van der Waals surface area contributed by atoms with Crippen LogP contribution in [0.5, 0.6) is 5.75 Å². The van der Waals surface area contributed by atoms with Gasteiger partial charge in [-0.3, -0.25) is 4.79 Å². The third-order valence-electron chi connectivity index (χ3n) is 4.14. The lowest BCUT2D eigenvalue weighted by Gasteiger charge is -2.28. The van der Waals surface area contributed by atoms with Crippen molar-refractivity contribution < 1.29 is 14.3 Å². The molecule has 0 saturated heterocycles. The number of rotatable bonds is 6. The summed E-state index contributed by atoms with van der Waals surface area (Å²) in [6.07, 6.45) is 3.17. The van der Waals surface area contributed by atoms with Crippen molar-refractivity contribution in [3.05, 3.63) is 24.0 Å². The molecule has 124 valence electrons. The van der Waals surface area contributed by atoms with E-state index in [0.717, 1.165) is 48.6 Å². The first-order valence-electron chi connectivity index (χ1n) is 8.10. The maximum Gasteiger partial charge on any atom is 0.225 e. The van der Waals surface area contributed by atoms with Crippen molar-refractivity contribution in [1.82, 2.24) is 14.5 Å². The molecule has 3 rings (SSSR count). The van der Waals surface area contributed by atoms with E-state index < -0.39 is 0 Å². The van der Waals surface area contributed by atoms with Crippen molar-refractivity contribution in [3.63, 3.8) is 0 Å². The first-order chi connectivity index (χ1) is 11.2. The fraction of sp³-hybridized carbons (Fsp3) is 0.529. The van der Waals surface area contributed by atoms with Gasteiger partial charge in [-0.25, -0.2) is 4.98 Å². The van der Waals surface area contributed by atoms with Crippen LogP contribution in [0, 0.1) is 0 Å². The topological polar surface area (TPSA) is 56.6 Å². The van der Waals surface area contributed by atoms with E-state index in [4.69, 9.17) is 9.47 Å². The summed E-state index contributed by atoms with van der Waals surface area (Å²) in [6.45, 7) is 5.41. The second-order valence-corrected chi connectivity index (χ2v) is 5.75. The Labute approximate surface area is 136 Å². The van der Waals surface area contributed by atoms with Gasteiger partial charge >= 0.3 is 0 Å². The van der Waals surface area contributed by atoms with Crippen LogP contribution in [0.15, 0.2) is 18.3 Å². The summed E-state index contributed by atoms with van der Waals surface area (Å²) in [5.74, 6) is 0.907. The van der Waals surface area contributed by atoms with Crippen LogP contribution < -0.4 is 4.74 Å². The number of pyridine rings is 1. The Kier molecular flexibility index (Phi) is 4.81. The molecule has 0 fully saturated rings. The van der Waals surface area contributed by atoms with E-state index >= 15 is 0 Å². The van der Waals surface area contributed by atoms with Gasteiger partial charge in [-0.15, -0.1) is 0 Å². The number of hydrogen-bond donors (Lipinski definition) is 0. The molecule has 23 heavy (non-hydrogen) atoms. The first kappa shape index (κ1) is 15.8. The molecule has 0 bridgehead atoms. The summed E-state index contributed by atoms with van der Waals surface area (Å²) >= 11 is 0. The molecule has 0 aromatic carbocycles. The van der Waals surface area contributed by atoms with E-state index in [1.165, 1.54) is 0 Å². The summed E-state index contributed by atoms with van der Waals surface area (Å²) < 4.78 is 12.8. The largest absolute Gasteiger partial charge is 0.495 e. The highest BCUT2D eigenvalue weighted by Crippen LogP contribution is 2.25. The number of methoxy groups -OCH3 is 1. The highest BCUT2D eigenvalue weighted by Gasteiger charge is 2.22. The molecule has 0 spiro atoms. The third kappa shape index (κ3) is 3.32. The fourth-order valence-corrected chi connectivity index (χ4v) is 2.94. The molecule has 1 aliphatic rings. The van der Waals surface area contributed by atoms with Gasteiger partial charge in [0, 0.05) is 30.8 Å². The quantitative estimate of drug-likeness (QED) is 0.767. The molecule has 0 unspecified atom stereocenters. The number of aromatic nitrogens is 2. The van der Waals surface area contributed by atoms with Crippen molar-refractivity contribution in [2.75, 3.05) is 26.9 Å². The van der Waals surface area contributed by atoms with Crippen molar-refractivity contribution in [2.24, 2.45) is 0 Å². The molecule has 6 heteroatoms. The monoisotopic (exact) mass is 317 g/mol. The van der Waals surface area contributed by atoms with Gasteiger partial charge in [0.2, 0.25) is 5.91 Å². The molecule has 6 nitrogen and oxygen atoms in total. The molecule has 3 heterocycles. The Hall–Kier alpha value is -2.08. The lowest BCUT2D eigenvalue weighted by atomic mass is 10.2. The smallest absolute Gasteiger partial charge is 0.225 e. The van der Waals surface area contributed by atoms with Crippen molar-refractivity contribution >= 4 is 16.9 Å². The summed E-state index contributed by atoms with van der Waals surface area (Å²) in [5, 5.41) is 1.06. The average molecular weight is 317 g/mol. The van der Waals surface area contributed by atoms with Crippen LogP contribution in [-0.2, 0) is 22.6 Å². The summed E-state index contributed by atoms with van der Waals surface area (Å²) in [4.78, 5) is 18.7. The van der Waals surface area contributed by atoms with Gasteiger partial charge in [0.25, 0.3) is 0 Å². The zero-order valence-electron chi connectivity index (χ0n) is 13.7. The van der Waals surface area contributed by atoms with Crippen LogP contribution >= 0.6 is 0 Å². The lowest BCUT2D eigenvalue weighted by molar-refractivity contribution is -0.133. The van der Waals surface area contributed by atoms with E-state index in [2.05, 4.69) is 22.5 Å². The summed E-state index contributed by atoms with van der Waals surface area (Å²) in [6, 6.07) is 4.08. The van der Waals surface area contributed by atoms with E-state index in [1.54, 1.807) is 13.3 Å². The second-order valence-electron chi connectivity index (χ2n) is 5.75. The maximum absolute atomic E-state index is 12.3. The van der Waals surface area contributed by atoms with Crippen LogP contribution in [0.25, 0.3) is 11.0 Å². The number of fused-ring (bicyclic) bond motifs is 3. The number of carbonyl (C=O) groups is 1. The maximum atomic E-state index is 12.3. The van der Waals surface area contributed by atoms with Gasteiger partial charge in [0.1, 0.15) is 11.4 Å². The Bertz CT molecular complexity index is 696. The first-order valence-corrected chi connectivity index (χ1v) is 8.10. The van der Waals surface area contributed by atoms with E-state index in [9.17, 15) is 4.79 Å². The van der Waals surface area contributed by atoms with Gasteiger partial charge in [-0.1, -0.05) is 6.92 Å². The van der Waals surface area contributed by atoms with Crippen LogP contribution in [0.2, 0.25) is 0 Å². The normalized spacial score (nSPS) is 14.1. The number of hydrogen-bond acceptors (Lipinski definition) is 4. The molecular weight excluding hydrogens is 294 g/mol. The minimum absolute atomic E-state index is 0.156. The number of amides is 1. The molecule has 0 radical (unpaired) electrons. The summed E-state index contributed by atoms with van der Waals surface area (Å²) in [7, 11) is 1.64. The highest BCUT2D eigenvalue weighted by molar-refractivity contribution is 5.80. The third-order valence-corrected chi connectivity index (χ3v) is 4.14. The molecule has 2 aromatic rings. The number of ether oxygens (including phenoxy) is 2. The summed E-state index contributed by atoms with van der Waals surface area (Å²) in [5.41, 5.74) is 2.08. The van der Waals surface area contributed by atoms with Gasteiger partial charge in [0.15, 0.2) is 0 Å². The second kappa shape index (κ2) is 7.00. The van der Waals surface area contributed by atoms with Crippen LogP contribution in [-0.4, -0.2) is 47.2 Å². The van der Waals surface area contributed by atoms with Gasteiger partial charge in [0.05, 0.1) is 32.9 Å². The fourth-order valence-electron chi connectivity index (χ4n) is 2.94. The Balaban J connectivity index is 1.69. The van der Waals surface area contributed by atoms with Gasteiger partial charge in [-0.05, 0) is 18.6 Å². The number of carbonyl (C=O) groups excluding carboxylic acids is 1. The Morgan fingerprint density at radius 2 is 2.17 bits per heavy atom. The number of nitrogens with zero attached hydrogens (tertiary/aromatic N) is 3. The molecule has 1 amide bonds. The predicted octanol–water partition coefficient (Wildman–Crippen LogP) is 2.20. The zero-order chi connectivity index (χ0) is 16.2. The SMILES string of the molecule is CCCOCCC(=O)N1CCn2c(cc3cc(OC)cnc32)C1. The molecule has 0 atom stereocenters. The van der Waals surface area contributed by atoms with E-state index in [0.29, 0.717) is 19.6 Å². The highest BCUT2D eigenvalue weighted by atomic mass is 16.5. The van der Waals surface area contributed by atoms with E-state index in [1.807, 2.05) is 11.0 Å². The molecular formula is C17H23N3O3. The minimum atomic E-state index is 0.156. The Morgan fingerprint density at radius 3 is 2.96 bits per heavy atom. The molecule has 1 aliphatic heterocycles. The van der Waals surface area contributed by atoms with Gasteiger partial charge in [-0.2, -0.15) is 0 Å². The Morgan fingerprint density at radius 1 is 1.30 bits per heavy atom. The predicted molar refractivity (Wildman–Crippen MR) is 87.4 cm³/mol. The van der Waals surface area contributed by atoms with Crippen molar-refractivity contribution in [1.29, 1.82) is 0 Å².